The van der Waals surface area contributed by atoms with E-state index in [4.69, 9.17) is 9.47 Å². The Labute approximate surface area is 130 Å². The molecule has 1 aromatic carbocycles. The third-order valence-electron chi connectivity index (χ3n) is 3.58. The van der Waals surface area contributed by atoms with E-state index < -0.39 is 0 Å². The van der Waals surface area contributed by atoms with Gasteiger partial charge in [0.05, 0.1) is 26.6 Å². The monoisotopic (exact) mass is 306 g/mol. The summed E-state index contributed by atoms with van der Waals surface area (Å²) in [6.45, 7) is 4.72. The van der Waals surface area contributed by atoms with E-state index in [1.54, 1.807) is 12.0 Å². The SMILES string of the molecule is COc1ccc(CC(=O)NCC2CN(C(C)C)C(=O)O2)cc1. The Kier molecular flexibility index (Phi) is 5.25. The maximum atomic E-state index is 11.9. The third-order valence-corrected chi connectivity index (χ3v) is 3.58. The lowest BCUT2D eigenvalue weighted by Gasteiger charge is -2.16. The molecule has 1 N–H and O–H groups in total. The van der Waals surface area contributed by atoms with E-state index in [0.29, 0.717) is 19.5 Å². The molecular formula is C16H22N2O4. The van der Waals surface area contributed by atoms with Crippen molar-refractivity contribution in [1.29, 1.82) is 0 Å². The van der Waals surface area contributed by atoms with E-state index in [1.807, 2.05) is 38.1 Å². The number of carbonyl (C=O) groups excluding carboxylic acids is 2. The van der Waals surface area contributed by atoms with Crippen LogP contribution < -0.4 is 10.1 Å². The molecule has 2 rings (SSSR count). The number of carbonyl (C=O) groups is 2. The number of nitrogens with one attached hydrogen (secondary N) is 1. The van der Waals surface area contributed by atoms with E-state index in [1.165, 1.54) is 0 Å². The van der Waals surface area contributed by atoms with Crippen LogP contribution in [0.1, 0.15) is 19.4 Å². The number of methoxy groups -OCH3 is 1. The normalized spacial score (nSPS) is 17.5. The molecule has 120 valence electrons. The molecular weight excluding hydrogens is 284 g/mol. The second-order valence-electron chi connectivity index (χ2n) is 5.58. The van der Waals surface area contributed by atoms with Crippen molar-refractivity contribution in [1.82, 2.24) is 10.2 Å². The summed E-state index contributed by atoms with van der Waals surface area (Å²) in [6.07, 6.45) is -0.308. The molecule has 0 aromatic heterocycles. The van der Waals surface area contributed by atoms with Gasteiger partial charge >= 0.3 is 6.09 Å². The maximum absolute atomic E-state index is 11.9. The molecule has 0 saturated carbocycles. The number of ether oxygens (including phenoxy) is 2. The first-order valence-corrected chi connectivity index (χ1v) is 7.36. The van der Waals surface area contributed by atoms with Gasteiger partial charge in [-0.05, 0) is 31.5 Å². The molecule has 1 aliphatic heterocycles. The molecule has 0 radical (unpaired) electrons. The van der Waals surface area contributed by atoms with E-state index in [2.05, 4.69) is 5.32 Å². The molecule has 0 spiro atoms. The number of hydrogen-bond donors (Lipinski definition) is 1. The summed E-state index contributed by atoms with van der Waals surface area (Å²) in [5.74, 6) is 0.667. The van der Waals surface area contributed by atoms with E-state index in [-0.39, 0.29) is 24.1 Å². The molecule has 2 amide bonds. The molecule has 1 unspecified atom stereocenters. The maximum Gasteiger partial charge on any atom is 0.410 e. The summed E-state index contributed by atoms with van der Waals surface area (Å²) in [5, 5.41) is 2.81. The quantitative estimate of drug-likeness (QED) is 0.866. The predicted molar refractivity (Wildman–Crippen MR) is 81.8 cm³/mol. The summed E-state index contributed by atoms with van der Waals surface area (Å²) in [7, 11) is 1.60. The van der Waals surface area contributed by atoms with Gasteiger partial charge < -0.3 is 19.7 Å². The molecule has 1 aromatic rings. The average Bonchev–Trinajstić information content (AvgIpc) is 2.87. The number of cyclic esters (lactones) is 1. The van der Waals surface area contributed by atoms with Gasteiger partial charge in [0.25, 0.3) is 0 Å². The lowest BCUT2D eigenvalue weighted by atomic mass is 10.1. The standard InChI is InChI=1S/C16H22N2O4/c1-11(2)18-10-14(22-16(18)20)9-17-15(19)8-12-4-6-13(21-3)7-5-12/h4-7,11,14H,8-10H2,1-3H3,(H,17,19). The van der Waals surface area contributed by atoms with Crippen LogP contribution in [0, 0.1) is 0 Å². The number of amides is 2. The Hall–Kier alpha value is -2.24. The van der Waals surface area contributed by atoms with Gasteiger partial charge in [-0.1, -0.05) is 12.1 Å². The number of rotatable bonds is 6. The Bertz CT molecular complexity index is 527. The van der Waals surface area contributed by atoms with Gasteiger partial charge in [-0.25, -0.2) is 4.79 Å². The van der Waals surface area contributed by atoms with Gasteiger partial charge in [0, 0.05) is 6.04 Å². The van der Waals surface area contributed by atoms with Crippen molar-refractivity contribution in [3.63, 3.8) is 0 Å². The van der Waals surface area contributed by atoms with E-state index in [9.17, 15) is 9.59 Å². The zero-order chi connectivity index (χ0) is 16.1. The van der Waals surface area contributed by atoms with Crippen molar-refractivity contribution >= 4 is 12.0 Å². The lowest BCUT2D eigenvalue weighted by molar-refractivity contribution is -0.120. The zero-order valence-electron chi connectivity index (χ0n) is 13.2. The van der Waals surface area contributed by atoms with Crippen LogP contribution in [0.3, 0.4) is 0 Å². The fourth-order valence-corrected chi connectivity index (χ4v) is 2.29. The Balaban J connectivity index is 1.77. The Morgan fingerprint density at radius 3 is 2.64 bits per heavy atom. The summed E-state index contributed by atoms with van der Waals surface area (Å²) in [6, 6.07) is 7.46. The predicted octanol–water partition coefficient (Wildman–Crippen LogP) is 1.58. The highest BCUT2D eigenvalue weighted by atomic mass is 16.6. The lowest BCUT2D eigenvalue weighted by Crippen LogP contribution is -2.36. The molecule has 1 saturated heterocycles. The summed E-state index contributed by atoms with van der Waals surface area (Å²) < 4.78 is 10.3. The van der Waals surface area contributed by atoms with Crippen LogP contribution >= 0.6 is 0 Å². The Morgan fingerprint density at radius 2 is 2.09 bits per heavy atom. The highest BCUT2D eigenvalue weighted by Gasteiger charge is 2.32. The topological polar surface area (TPSA) is 67.9 Å². The first-order chi connectivity index (χ1) is 10.5. The van der Waals surface area contributed by atoms with Crippen molar-refractivity contribution < 1.29 is 19.1 Å². The molecule has 22 heavy (non-hydrogen) atoms. The molecule has 6 nitrogen and oxygen atoms in total. The highest BCUT2D eigenvalue weighted by Crippen LogP contribution is 2.14. The second kappa shape index (κ2) is 7.15. The first-order valence-electron chi connectivity index (χ1n) is 7.36. The number of nitrogens with zero attached hydrogens (tertiary/aromatic N) is 1. The highest BCUT2D eigenvalue weighted by molar-refractivity contribution is 5.78. The Morgan fingerprint density at radius 1 is 1.41 bits per heavy atom. The summed E-state index contributed by atoms with van der Waals surface area (Å²) in [5.41, 5.74) is 0.908. The van der Waals surface area contributed by atoms with Gasteiger partial charge in [0.15, 0.2) is 0 Å². The van der Waals surface area contributed by atoms with Gasteiger partial charge in [-0.15, -0.1) is 0 Å². The van der Waals surface area contributed by atoms with Gasteiger partial charge in [0.1, 0.15) is 11.9 Å². The van der Waals surface area contributed by atoms with Crippen molar-refractivity contribution in [3.8, 4) is 5.75 Å². The molecule has 1 aliphatic rings. The minimum atomic E-state index is -0.315. The number of benzene rings is 1. The van der Waals surface area contributed by atoms with Crippen LogP contribution in [-0.2, 0) is 16.0 Å². The van der Waals surface area contributed by atoms with Gasteiger partial charge in [-0.2, -0.15) is 0 Å². The zero-order valence-corrected chi connectivity index (χ0v) is 13.2. The smallest absolute Gasteiger partial charge is 0.410 e. The van der Waals surface area contributed by atoms with Crippen molar-refractivity contribution in [2.45, 2.75) is 32.4 Å². The minimum absolute atomic E-state index is 0.0933. The van der Waals surface area contributed by atoms with Crippen LogP contribution in [0.4, 0.5) is 4.79 Å². The molecule has 0 bridgehead atoms. The van der Waals surface area contributed by atoms with E-state index in [0.717, 1.165) is 11.3 Å². The number of hydrogen-bond acceptors (Lipinski definition) is 4. The van der Waals surface area contributed by atoms with Crippen LogP contribution in [-0.4, -0.2) is 49.2 Å². The van der Waals surface area contributed by atoms with Crippen molar-refractivity contribution in [2.24, 2.45) is 0 Å². The minimum Gasteiger partial charge on any atom is -0.497 e. The molecule has 0 aliphatic carbocycles. The summed E-state index contributed by atoms with van der Waals surface area (Å²) >= 11 is 0. The fraction of sp³-hybridized carbons (Fsp3) is 0.500. The van der Waals surface area contributed by atoms with Crippen LogP contribution in [0.2, 0.25) is 0 Å². The van der Waals surface area contributed by atoms with Crippen LogP contribution in [0.25, 0.3) is 0 Å². The largest absolute Gasteiger partial charge is 0.497 e. The molecule has 1 atom stereocenters. The van der Waals surface area contributed by atoms with Crippen LogP contribution in [0.5, 0.6) is 5.75 Å². The van der Waals surface area contributed by atoms with Crippen LogP contribution in [0.15, 0.2) is 24.3 Å². The average molecular weight is 306 g/mol. The second-order valence-corrected chi connectivity index (χ2v) is 5.58. The molecule has 6 heteroatoms. The first kappa shape index (κ1) is 16.1. The molecule has 1 heterocycles. The van der Waals surface area contributed by atoms with Gasteiger partial charge in [0.2, 0.25) is 5.91 Å². The van der Waals surface area contributed by atoms with E-state index >= 15 is 0 Å². The molecule has 1 fully saturated rings. The van der Waals surface area contributed by atoms with Crippen molar-refractivity contribution in [2.75, 3.05) is 20.2 Å². The van der Waals surface area contributed by atoms with Gasteiger partial charge in [-0.3, -0.25) is 4.79 Å². The summed E-state index contributed by atoms with van der Waals surface area (Å²) in [4.78, 5) is 25.2. The fourth-order valence-electron chi connectivity index (χ4n) is 2.29. The third kappa shape index (κ3) is 4.13. The van der Waals surface area contributed by atoms with Crippen molar-refractivity contribution in [3.05, 3.63) is 29.8 Å².